The van der Waals surface area contributed by atoms with E-state index in [4.69, 9.17) is 22.2 Å². The van der Waals surface area contributed by atoms with Crippen molar-refractivity contribution in [1.29, 1.82) is 0 Å². The van der Waals surface area contributed by atoms with E-state index in [1.165, 1.54) is 4.68 Å². The molecule has 0 radical (unpaired) electrons. The first-order valence-electron chi connectivity index (χ1n) is 10.6. The van der Waals surface area contributed by atoms with Crippen molar-refractivity contribution in [2.24, 2.45) is 5.10 Å². The molecule has 0 atom stereocenters. The molecule has 9 nitrogen and oxygen atoms in total. The summed E-state index contributed by atoms with van der Waals surface area (Å²) >= 11 is 10.5. The van der Waals surface area contributed by atoms with E-state index < -0.39 is 0 Å². The molecule has 4 rings (SSSR count). The second-order valence-electron chi connectivity index (χ2n) is 7.35. The number of anilines is 2. The highest BCUT2D eigenvalue weighted by Gasteiger charge is 2.12. The molecule has 0 bridgehead atoms. The topological polar surface area (TPSA) is 119 Å². The molecule has 36 heavy (non-hydrogen) atoms. The summed E-state index contributed by atoms with van der Waals surface area (Å²) in [7, 11) is 0. The molecule has 4 aromatic rings. The second-order valence-corrected chi connectivity index (χ2v) is 9.64. The largest absolute Gasteiger partial charge is 0.488 e. The van der Waals surface area contributed by atoms with Gasteiger partial charge in [0.05, 0.1) is 12.0 Å². The number of nitrogens with two attached hydrogens (primary N) is 1. The summed E-state index contributed by atoms with van der Waals surface area (Å²) in [6.07, 6.45) is 1.60. The number of benzene rings is 3. The average molecular weight is 587 g/mol. The van der Waals surface area contributed by atoms with Crippen molar-refractivity contribution >= 4 is 63.1 Å². The SMILES string of the molecule is Nn1c(N/N=C/c2ccccc2OCc2ccc(Cl)cc2)nnc1SCC(=O)Nc1cccc(Br)c1. The maximum absolute atomic E-state index is 12.2. The van der Waals surface area contributed by atoms with Crippen molar-refractivity contribution in [2.75, 3.05) is 22.3 Å². The molecular formula is C24H21BrClN7O2S. The number of para-hydroxylation sites is 1. The summed E-state index contributed by atoms with van der Waals surface area (Å²) in [4.78, 5) is 12.2. The van der Waals surface area contributed by atoms with Crippen molar-refractivity contribution in [1.82, 2.24) is 14.9 Å². The van der Waals surface area contributed by atoms with Crippen LogP contribution in [0.2, 0.25) is 5.02 Å². The molecule has 0 aliphatic heterocycles. The Labute approximate surface area is 225 Å². The first-order chi connectivity index (χ1) is 17.5. The van der Waals surface area contributed by atoms with Gasteiger partial charge in [-0.25, -0.2) is 10.1 Å². The zero-order chi connectivity index (χ0) is 25.3. The van der Waals surface area contributed by atoms with E-state index in [9.17, 15) is 4.79 Å². The lowest BCUT2D eigenvalue weighted by atomic mass is 10.2. The first kappa shape index (κ1) is 25.5. The van der Waals surface area contributed by atoms with E-state index in [1.54, 1.807) is 12.3 Å². The molecule has 0 saturated carbocycles. The molecule has 0 unspecified atom stereocenters. The Morgan fingerprint density at radius 1 is 1.14 bits per heavy atom. The molecular weight excluding hydrogens is 566 g/mol. The fraction of sp³-hybridized carbons (Fsp3) is 0.0833. The van der Waals surface area contributed by atoms with Crippen LogP contribution in [-0.2, 0) is 11.4 Å². The maximum Gasteiger partial charge on any atom is 0.264 e. The van der Waals surface area contributed by atoms with Gasteiger partial charge in [-0.05, 0) is 48.0 Å². The summed E-state index contributed by atoms with van der Waals surface area (Å²) in [5.74, 6) is 6.87. The molecule has 184 valence electrons. The van der Waals surface area contributed by atoms with Crippen LogP contribution in [0.1, 0.15) is 11.1 Å². The van der Waals surface area contributed by atoms with Crippen molar-refractivity contribution in [3.8, 4) is 5.75 Å². The zero-order valence-electron chi connectivity index (χ0n) is 18.8. The van der Waals surface area contributed by atoms with Crippen molar-refractivity contribution in [3.63, 3.8) is 0 Å². The number of aromatic nitrogens is 3. The average Bonchev–Trinajstić information content (AvgIpc) is 3.22. The normalized spacial score (nSPS) is 10.9. The predicted octanol–water partition coefficient (Wildman–Crippen LogP) is 5.16. The molecule has 0 saturated heterocycles. The Morgan fingerprint density at radius 3 is 2.75 bits per heavy atom. The molecule has 4 N–H and O–H groups in total. The van der Waals surface area contributed by atoms with Crippen LogP contribution >= 0.6 is 39.3 Å². The quantitative estimate of drug-likeness (QED) is 0.102. The van der Waals surface area contributed by atoms with Crippen LogP contribution in [0.4, 0.5) is 11.6 Å². The van der Waals surface area contributed by atoms with Gasteiger partial charge in [0, 0.05) is 20.7 Å². The zero-order valence-corrected chi connectivity index (χ0v) is 21.9. The summed E-state index contributed by atoms with van der Waals surface area (Å²) in [5, 5.41) is 16.1. The monoisotopic (exact) mass is 585 g/mol. The Kier molecular flexibility index (Phi) is 8.82. The number of halogens is 2. The molecule has 1 aromatic heterocycles. The third-order valence-corrected chi connectivity index (χ3v) is 6.39. The number of nitrogen functional groups attached to an aromatic ring is 1. The second kappa shape index (κ2) is 12.4. The molecule has 12 heteroatoms. The molecule has 0 aliphatic carbocycles. The van der Waals surface area contributed by atoms with Crippen molar-refractivity contribution in [3.05, 3.63) is 93.4 Å². The molecule has 0 aliphatic rings. The number of nitrogens with zero attached hydrogens (tertiary/aromatic N) is 4. The molecule has 0 spiro atoms. The lowest BCUT2D eigenvalue weighted by Crippen LogP contribution is -2.16. The summed E-state index contributed by atoms with van der Waals surface area (Å²) < 4.78 is 8.04. The van der Waals surface area contributed by atoms with Crippen LogP contribution in [0.3, 0.4) is 0 Å². The number of hydrazone groups is 1. The van der Waals surface area contributed by atoms with Gasteiger partial charge in [-0.1, -0.05) is 69.6 Å². The lowest BCUT2D eigenvalue weighted by molar-refractivity contribution is -0.113. The minimum atomic E-state index is -0.191. The van der Waals surface area contributed by atoms with E-state index in [0.717, 1.165) is 27.4 Å². The minimum Gasteiger partial charge on any atom is -0.488 e. The Morgan fingerprint density at radius 2 is 1.94 bits per heavy atom. The van der Waals surface area contributed by atoms with E-state index in [2.05, 4.69) is 42.0 Å². The molecule has 0 fully saturated rings. The summed E-state index contributed by atoms with van der Waals surface area (Å²) in [6, 6.07) is 22.3. The van der Waals surface area contributed by atoms with Crippen LogP contribution in [0.5, 0.6) is 5.75 Å². The Hall–Kier alpha value is -3.54. The Bertz CT molecular complexity index is 1360. The van der Waals surface area contributed by atoms with Crippen molar-refractivity contribution in [2.45, 2.75) is 11.8 Å². The van der Waals surface area contributed by atoms with Gasteiger partial charge in [0.25, 0.3) is 5.95 Å². The van der Waals surface area contributed by atoms with Gasteiger partial charge in [-0.2, -0.15) is 5.10 Å². The first-order valence-corrected chi connectivity index (χ1v) is 12.8. The number of nitrogens with one attached hydrogen (secondary N) is 2. The standard InChI is InChI=1S/C24H21BrClN7O2S/c25-18-5-3-6-20(12-18)29-22(34)15-36-24-32-31-23(33(24)27)30-28-13-17-4-1-2-7-21(17)35-14-16-8-10-19(26)11-9-16/h1-13H,14-15,27H2,(H,29,34)(H,30,31)/b28-13+. The fourth-order valence-corrected chi connectivity index (χ4v) is 4.15. The van der Waals surface area contributed by atoms with Crippen molar-refractivity contribution < 1.29 is 9.53 Å². The van der Waals surface area contributed by atoms with E-state index in [-0.39, 0.29) is 17.6 Å². The van der Waals surface area contributed by atoms with Gasteiger partial charge in [0.15, 0.2) is 0 Å². The van der Waals surface area contributed by atoms with Gasteiger partial charge in [-0.3, -0.25) is 4.79 Å². The number of ether oxygens (including phenoxy) is 1. The van der Waals surface area contributed by atoms with Crippen LogP contribution in [-0.4, -0.2) is 32.7 Å². The lowest BCUT2D eigenvalue weighted by Gasteiger charge is -2.09. The highest BCUT2D eigenvalue weighted by Crippen LogP contribution is 2.20. The summed E-state index contributed by atoms with van der Waals surface area (Å²) in [6.45, 7) is 0.391. The third kappa shape index (κ3) is 7.23. The maximum atomic E-state index is 12.2. The van der Waals surface area contributed by atoms with Crippen LogP contribution in [0, 0.1) is 0 Å². The van der Waals surface area contributed by atoms with Gasteiger partial charge in [0.1, 0.15) is 12.4 Å². The van der Waals surface area contributed by atoms with E-state index in [0.29, 0.717) is 28.2 Å². The fourth-order valence-electron chi connectivity index (χ4n) is 2.97. The van der Waals surface area contributed by atoms with Crippen LogP contribution in [0.15, 0.2) is 87.5 Å². The highest BCUT2D eigenvalue weighted by atomic mass is 79.9. The van der Waals surface area contributed by atoms with Crippen LogP contribution in [0.25, 0.3) is 0 Å². The number of hydrogen-bond acceptors (Lipinski definition) is 8. The number of thioether (sulfide) groups is 1. The van der Waals surface area contributed by atoms with Gasteiger partial charge in [0.2, 0.25) is 11.1 Å². The number of carbonyl (C=O) groups excluding carboxylic acids is 1. The van der Waals surface area contributed by atoms with Gasteiger partial charge in [-0.15, -0.1) is 10.2 Å². The minimum absolute atomic E-state index is 0.115. The van der Waals surface area contributed by atoms with Gasteiger partial charge >= 0.3 is 0 Å². The van der Waals surface area contributed by atoms with E-state index >= 15 is 0 Å². The number of carbonyl (C=O) groups is 1. The Balaban J connectivity index is 1.31. The van der Waals surface area contributed by atoms with E-state index in [1.807, 2.05) is 66.7 Å². The number of hydrogen-bond donors (Lipinski definition) is 3. The summed E-state index contributed by atoms with van der Waals surface area (Å²) in [5.41, 5.74) is 5.22. The highest BCUT2D eigenvalue weighted by molar-refractivity contribution is 9.10. The molecule has 1 amide bonds. The molecule has 3 aromatic carbocycles. The van der Waals surface area contributed by atoms with Crippen LogP contribution < -0.4 is 21.3 Å². The third-order valence-electron chi connectivity index (χ3n) is 4.70. The number of amides is 1. The number of rotatable bonds is 10. The predicted molar refractivity (Wildman–Crippen MR) is 147 cm³/mol. The van der Waals surface area contributed by atoms with Gasteiger partial charge < -0.3 is 15.9 Å². The molecule has 1 heterocycles. The smallest absolute Gasteiger partial charge is 0.264 e.